The second-order valence-corrected chi connectivity index (χ2v) is 4.43. The highest BCUT2D eigenvalue weighted by Gasteiger charge is 2.22. The highest BCUT2D eigenvalue weighted by molar-refractivity contribution is 5.85. The second-order valence-electron chi connectivity index (χ2n) is 4.43. The minimum Gasteiger partial charge on any atom is -0.381 e. The van der Waals surface area contributed by atoms with Crippen LogP contribution < -0.4 is 10.6 Å². The summed E-state index contributed by atoms with van der Waals surface area (Å²) in [4.78, 5) is 11.8. The van der Waals surface area contributed by atoms with Crippen molar-refractivity contribution >= 4 is 18.3 Å². The fraction of sp³-hybridized carbons (Fsp3) is 0.909. The third-order valence-electron chi connectivity index (χ3n) is 3.28. The molecule has 16 heavy (non-hydrogen) atoms. The van der Waals surface area contributed by atoms with Crippen LogP contribution in [0.5, 0.6) is 0 Å². The van der Waals surface area contributed by atoms with Gasteiger partial charge in [0.05, 0.1) is 0 Å². The van der Waals surface area contributed by atoms with E-state index < -0.39 is 0 Å². The van der Waals surface area contributed by atoms with Crippen molar-refractivity contribution < 1.29 is 9.53 Å². The molecule has 0 aliphatic carbocycles. The van der Waals surface area contributed by atoms with Gasteiger partial charge in [0, 0.05) is 31.7 Å². The van der Waals surface area contributed by atoms with Crippen LogP contribution in [0.3, 0.4) is 0 Å². The average Bonchev–Trinajstić information content (AvgIpc) is 2.80. The van der Waals surface area contributed by atoms with Crippen molar-refractivity contribution in [2.75, 3.05) is 26.3 Å². The van der Waals surface area contributed by atoms with E-state index in [-0.39, 0.29) is 24.2 Å². The van der Waals surface area contributed by atoms with Crippen LogP contribution in [0.15, 0.2) is 0 Å². The van der Waals surface area contributed by atoms with Gasteiger partial charge in [0.1, 0.15) is 0 Å². The number of hydrogen-bond donors (Lipinski definition) is 2. The molecule has 2 aliphatic heterocycles. The summed E-state index contributed by atoms with van der Waals surface area (Å²) in [5.74, 6) is 0.396. The lowest BCUT2D eigenvalue weighted by Gasteiger charge is -2.22. The molecule has 94 valence electrons. The lowest BCUT2D eigenvalue weighted by molar-refractivity contribution is -0.127. The van der Waals surface area contributed by atoms with E-state index in [2.05, 4.69) is 10.6 Å². The highest BCUT2D eigenvalue weighted by Crippen LogP contribution is 2.14. The first-order chi connectivity index (χ1) is 7.36. The standard InChI is InChI=1S/C11H20N2O2.ClH/c14-11(9-3-6-15-7-4-9)13-8-10-2-1-5-12-10;/h9-10,12H,1-8H2,(H,13,14);1H/t10-;/m1./s1. The monoisotopic (exact) mass is 248 g/mol. The van der Waals surface area contributed by atoms with Crippen LogP contribution in [0, 0.1) is 5.92 Å². The summed E-state index contributed by atoms with van der Waals surface area (Å²) in [7, 11) is 0. The molecule has 2 saturated heterocycles. The van der Waals surface area contributed by atoms with Gasteiger partial charge in [0.25, 0.3) is 0 Å². The van der Waals surface area contributed by atoms with Crippen LogP contribution in [0.4, 0.5) is 0 Å². The Morgan fingerprint density at radius 3 is 2.69 bits per heavy atom. The van der Waals surface area contributed by atoms with Gasteiger partial charge < -0.3 is 15.4 Å². The van der Waals surface area contributed by atoms with Gasteiger partial charge in [-0.3, -0.25) is 4.79 Å². The fourth-order valence-electron chi connectivity index (χ4n) is 2.26. The Bertz CT molecular complexity index is 214. The zero-order valence-corrected chi connectivity index (χ0v) is 10.4. The van der Waals surface area contributed by atoms with Crippen molar-refractivity contribution in [2.45, 2.75) is 31.7 Å². The topological polar surface area (TPSA) is 50.4 Å². The molecular weight excluding hydrogens is 228 g/mol. The second kappa shape index (κ2) is 7.09. The Balaban J connectivity index is 0.00000128. The number of hydrogen-bond acceptors (Lipinski definition) is 3. The molecule has 2 fully saturated rings. The first kappa shape index (κ1) is 13.7. The summed E-state index contributed by atoms with van der Waals surface area (Å²) in [6.07, 6.45) is 4.18. The predicted molar refractivity (Wildman–Crippen MR) is 64.8 cm³/mol. The Labute approximate surface area is 103 Å². The van der Waals surface area contributed by atoms with Gasteiger partial charge in [-0.2, -0.15) is 0 Å². The molecule has 1 amide bonds. The van der Waals surface area contributed by atoms with Crippen LogP contribution in [0.1, 0.15) is 25.7 Å². The quantitative estimate of drug-likeness (QED) is 0.773. The van der Waals surface area contributed by atoms with Crippen molar-refractivity contribution in [3.8, 4) is 0 Å². The molecule has 0 spiro atoms. The normalized spacial score (nSPS) is 26.1. The van der Waals surface area contributed by atoms with Crippen molar-refractivity contribution in [3.05, 3.63) is 0 Å². The van der Waals surface area contributed by atoms with E-state index in [0.29, 0.717) is 6.04 Å². The van der Waals surface area contributed by atoms with E-state index in [0.717, 1.165) is 39.1 Å². The van der Waals surface area contributed by atoms with E-state index in [1.165, 1.54) is 12.8 Å². The van der Waals surface area contributed by atoms with Crippen LogP contribution >= 0.6 is 12.4 Å². The Morgan fingerprint density at radius 2 is 2.06 bits per heavy atom. The van der Waals surface area contributed by atoms with Gasteiger partial charge in [0.15, 0.2) is 0 Å². The maximum absolute atomic E-state index is 11.8. The molecule has 0 unspecified atom stereocenters. The number of carbonyl (C=O) groups is 1. The smallest absolute Gasteiger partial charge is 0.223 e. The molecular formula is C11H21ClN2O2. The van der Waals surface area contributed by atoms with Crippen molar-refractivity contribution in [2.24, 2.45) is 5.92 Å². The molecule has 0 saturated carbocycles. The number of carbonyl (C=O) groups excluding carboxylic acids is 1. The summed E-state index contributed by atoms with van der Waals surface area (Å²) in [6.45, 7) is 3.35. The highest BCUT2D eigenvalue weighted by atomic mass is 35.5. The molecule has 0 aromatic heterocycles. The molecule has 2 N–H and O–H groups in total. The molecule has 2 aliphatic rings. The number of ether oxygens (including phenoxy) is 1. The van der Waals surface area contributed by atoms with Crippen LogP contribution in [0.2, 0.25) is 0 Å². The molecule has 2 rings (SSSR count). The van der Waals surface area contributed by atoms with Crippen molar-refractivity contribution in [3.63, 3.8) is 0 Å². The van der Waals surface area contributed by atoms with Gasteiger partial charge >= 0.3 is 0 Å². The largest absolute Gasteiger partial charge is 0.381 e. The molecule has 5 heteroatoms. The SMILES string of the molecule is Cl.O=C(NC[C@H]1CCCN1)C1CCOCC1. The van der Waals surface area contributed by atoms with E-state index in [4.69, 9.17) is 4.74 Å². The zero-order valence-electron chi connectivity index (χ0n) is 9.54. The fourth-order valence-corrected chi connectivity index (χ4v) is 2.26. The summed E-state index contributed by atoms with van der Waals surface area (Å²) < 4.78 is 5.24. The third kappa shape index (κ3) is 3.92. The molecule has 4 nitrogen and oxygen atoms in total. The zero-order chi connectivity index (χ0) is 10.5. The van der Waals surface area contributed by atoms with Gasteiger partial charge in [-0.1, -0.05) is 0 Å². The maximum Gasteiger partial charge on any atom is 0.223 e. The van der Waals surface area contributed by atoms with Crippen LogP contribution in [0.25, 0.3) is 0 Å². The number of rotatable bonds is 3. The van der Waals surface area contributed by atoms with Crippen molar-refractivity contribution in [1.82, 2.24) is 10.6 Å². The van der Waals surface area contributed by atoms with E-state index >= 15 is 0 Å². The van der Waals surface area contributed by atoms with E-state index in [9.17, 15) is 4.79 Å². The van der Waals surface area contributed by atoms with E-state index in [1.807, 2.05) is 0 Å². The summed E-state index contributed by atoms with van der Waals surface area (Å²) in [6, 6.07) is 0.494. The molecule has 0 radical (unpaired) electrons. The molecule has 0 bridgehead atoms. The molecule has 1 atom stereocenters. The number of amides is 1. The van der Waals surface area contributed by atoms with Crippen molar-refractivity contribution in [1.29, 1.82) is 0 Å². The lowest BCUT2D eigenvalue weighted by atomic mass is 9.99. The molecule has 0 aromatic carbocycles. The van der Waals surface area contributed by atoms with Gasteiger partial charge in [-0.25, -0.2) is 0 Å². The number of nitrogens with one attached hydrogen (secondary N) is 2. The Morgan fingerprint density at radius 1 is 1.31 bits per heavy atom. The lowest BCUT2D eigenvalue weighted by Crippen LogP contribution is -2.41. The Hall–Kier alpha value is -0.320. The first-order valence-electron chi connectivity index (χ1n) is 5.95. The first-order valence-corrected chi connectivity index (χ1v) is 5.95. The minimum absolute atomic E-state index is 0. The minimum atomic E-state index is 0. The number of halogens is 1. The molecule has 0 aromatic rings. The van der Waals surface area contributed by atoms with Gasteiger partial charge in [0.2, 0.25) is 5.91 Å². The third-order valence-corrected chi connectivity index (χ3v) is 3.28. The van der Waals surface area contributed by atoms with Gasteiger partial charge in [-0.05, 0) is 32.2 Å². The van der Waals surface area contributed by atoms with Gasteiger partial charge in [-0.15, -0.1) is 12.4 Å². The summed E-state index contributed by atoms with van der Waals surface area (Å²) in [5, 5.41) is 6.41. The predicted octanol–water partition coefficient (Wildman–Crippen LogP) is 0.703. The van der Waals surface area contributed by atoms with Crippen LogP contribution in [-0.4, -0.2) is 38.3 Å². The summed E-state index contributed by atoms with van der Waals surface area (Å²) in [5.41, 5.74) is 0. The molecule has 2 heterocycles. The summed E-state index contributed by atoms with van der Waals surface area (Å²) >= 11 is 0. The van der Waals surface area contributed by atoms with E-state index in [1.54, 1.807) is 0 Å². The maximum atomic E-state index is 11.8. The average molecular weight is 249 g/mol. The Kier molecular flexibility index (Phi) is 6.09. The van der Waals surface area contributed by atoms with Crippen LogP contribution in [-0.2, 0) is 9.53 Å².